The molecule has 1 fully saturated rings. The summed E-state index contributed by atoms with van der Waals surface area (Å²) >= 11 is 0. The van der Waals surface area contributed by atoms with Gasteiger partial charge in [-0.25, -0.2) is 4.98 Å². The summed E-state index contributed by atoms with van der Waals surface area (Å²) in [6.45, 7) is 4.18. The lowest BCUT2D eigenvalue weighted by molar-refractivity contribution is 0.561. The van der Waals surface area contributed by atoms with Crippen LogP contribution in [0.25, 0.3) is 11.1 Å². The molecule has 1 saturated heterocycles. The highest BCUT2D eigenvalue weighted by Gasteiger charge is 2.16. The lowest BCUT2D eigenvalue weighted by atomic mass is 10.2. The number of oxazole rings is 1. The summed E-state index contributed by atoms with van der Waals surface area (Å²) in [5.74, 6) is 0.747. The number of fused-ring (bicyclic) bond motifs is 1. The Morgan fingerprint density at radius 1 is 1.27 bits per heavy atom. The number of benzene rings is 1. The molecule has 2 heterocycles. The lowest BCUT2D eigenvalue weighted by Gasteiger charge is -2.17. The number of nitrogens with zero attached hydrogens (tertiary/aromatic N) is 2. The minimum Gasteiger partial charge on any atom is -0.441 e. The van der Waals surface area contributed by atoms with Crippen LogP contribution in [-0.4, -0.2) is 18.1 Å². The van der Waals surface area contributed by atoms with Gasteiger partial charge in [-0.15, -0.1) is 0 Å². The summed E-state index contributed by atoms with van der Waals surface area (Å²) in [4.78, 5) is 6.84. The van der Waals surface area contributed by atoms with Crippen molar-refractivity contribution >= 4 is 16.8 Å². The fraction of sp³-hybridized carbons (Fsp3) is 0.417. The van der Waals surface area contributed by atoms with Crippen LogP contribution in [0.15, 0.2) is 22.6 Å². The van der Waals surface area contributed by atoms with E-state index in [4.69, 9.17) is 4.42 Å². The summed E-state index contributed by atoms with van der Waals surface area (Å²) in [7, 11) is 0. The number of anilines is 1. The maximum Gasteiger partial charge on any atom is 0.192 e. The fourth-order valence-corrected chi connectivity index (χ4v) is 2.26. The van der Waals surface area contributed by atoms with Gasteiger partial charge < -0.3 is 9.32 Å². The van der Waals surface area contributed by atoms with Gasteiger partial charge in [0.15, 0.2) is 11.5 Å². The molecule has 0 spiro atoms. The molecule has 0 atom stereocenters. The summed E-state index contributed by atoms with van der Waals surface area (Å²) in [5, 5.41) is 0. The summed E-state index contributed by atoms with van der Waals surface area (Å²) in [6.07, 6.45) is 2.57. The lowest BCUT2D eigenvalue weighted by Crippen LogP contribution is -2.17. The molecule has 15 heavy (non-hydrogen) atoms. The molecule has 0 N–H and O–H groups in total. The van der Waals surface area contributed by atoms with Crippen LogP contribution in [-0.2, 0) is 0 Å². The third-order valence-electron chi connectivity index (χ3n) is 2.95. The van der Waals surface area contributed by atoms with Gasteiger partial charge in [0.05, 0.1) is 5.69 Å². The van der Waals surface area contributed by atoms with Crippen molar-refractivity contribution in [3.05, 3.63) is 24.1 Å². The second kappa shape index (κ2) is 3.26. The van der Waals surface area contributed by atoms with Gasteiger partial charge in [-0.05, 0) is 25.0 Å². The molecule has 0 amide bonds. The van der Waals surface area contributed by atoms with Crippen LogP contribution < -0.4 is 4.90 Å². The second-order valence-electron chi connectivity index (χ2n) is 4.05. The Morgan fingerprint density at radius 3 is 2.87 bits per heavy atom. The molecule has 3 heteroatoms. The maximum absolute atomic E-state index is 5.53. The first kappa shape index (κ1) is 8.77. The number of para-hydroxylation sites is 1. The molecule has 1 aromatic heterocycles. The molecule has 0 radical (unpaired) electrons. The number of aryl methyl sites for hydroxylation is 1. The summed E-state index contributed by atoms with van der Waals surface area (Å²) in [6, 6.07) is 6.16. The van der Waals surface area contributed by atoms with Gasteiger partial charge in [0.1, 0.15) is 5.52 Å². The topological polar surface area (TPSA) is 29.3 Å². The van der Waals surface area contributed by atoms with Crippen molar-refractivity contribution in [2.24, 2.45) is 0 Å². The minimum absolute atomic E-state index is 0.747. The van der Waals surface area contributed by atoms with E-state index in [0.29, 0.717) is 0 Å². The Balaban J connectivity index is 2.16. The van der Waals surface area contributed by atoms with E-state index in [1.807, 2.05) is 19.1 Å². The van der Waals surface area contributed by atoms with Crippen molar-refractivity contribution in [3.63, 3.8) is 0 Å². The molecule has 2 aromatic rings. The second-order valence-corrected chi connectivity index (χ2v) is 4.05. The van der Waals surface area contributed by atoms with Crippen LogP contribution >= 0.6 is 0 Å². The van der Waals surface area contributed by atoms with Crippen LogP contribution in [0.4, 0.5) is 5.69 Å². The van der Waals surface area contributed by atoms with Crippen LogP contribution in [0.3, 0.4) is 0 Å². The van der Waals surface area contributed by atoms with Crippen LogP contribution in [0.2, 0.25) is 0 Å². The van der Waals surface area contributed by atoms with E-state index in [2.05, 4.69) is 16.0 Å². The zero-order valence-electron chi connectivity index (χ0n) is 8.86. The van der Waals surface area contributed by atoms with Gasteiger partial charge in [-0.3, -0.25) is 0 Å². The molecule has 3 nitrogen and oxygen atoms in total. The first-order valence-corrected chi connectivity index (χ1v) is 5.46. The zero-order chi connectivity index (χ0) is 10.3. The Hall–Kier alpha value is -1.51. The Morgan fingerprint density at radius 2 is 2.07 bits per heavy atom. The van der Waals surface area contributed by atoms with Crippen molar-refractivity contribution in [1.29, 1.82) is 0 Å². The maximum atomic E-state index is 5.53. The first-order chi connectivity index (χ1) is 7.34. The van der Waals surface area contributed by atoms with E-state index in [-0.39, 0.29) is 0 Å². The predicted octanol–water partition coefficient (Wildman–Crippen LogP) is 2.74. The van der Waals surface area contributed by atoms with Crippen molar-refractivity contribution in [3.8, 4) is 0 Å². The SMILES string of the molecule is Cc1nc2c(N3CCCC3)cccc2o1. The van der Waals surface area contributed by atoms with Gasteiger partial charge in [-0.2, -0.15) is 0 Å². The van der Waals surface area contributed by atoms with Crippen LogP contribution in [0.1, 0.15) is 18.7 Å². The highest BCUT2D eigenvalue weighted by atomic mass is 16.3. The number of hydrogen-bond donors (Lipinski definition) is 0. The molecule has 3 rings (SSSR count). The molecular weight excluding hydrogens is 188 g/mol. The van der Waals surface area contributed by atoms with Gasteiger partial charge in [-0.1, -0.05) is 6.07 Å². The van der Waals surface area contributed by atoms with Gasteiger partial charge in [0.25, 0.3) is 0 Å². The van der Waals surface area contributed by atoms with Crippen LogP contribution in [0, 0.1) is 6.92 Å². The van der Waals surface area contributed by atoms with Crippen molar-refractivity contribution in [1.82, 2.24) is 4.98 Å². The zero-order valence-corrected chi connectivity index (χ0v) is 8.86. The van der Waals surface area contributed by atoms with E-state index >= 15 is 0 Å². The average Bonchev–Trinajstić information content (AvgIpc) is 2.82. The highest BCUT2D eigenvalue weighted by molar-refractivity contribution is 5.87. The normalized spacial score (nSPS) is 16.5. The van der Waals surface area contributed by atoms with E-state index in [9.17, 15) is 0 Å². The quantitative estimate of drug-likeness (QED) is 0.712. The number of hydrogen-bond acceptors (Lipinski definition) is 3. The monoisotopic (exact) mass is 202 g/mol. The molecule has 1 aliphatic rings. The smallest absolute Gasteiger partial charge is 0.192 e. The van der Waals surface area contributed by atoms with Gasteiger partial charge in [0.2, 0.25) is 0 Å². The molecule has 0 unspecified atom stereocenters. The summed E-state index contributed by atoms with van der Waals surface area (Å²) < 4.78 is 5.53. The van der Waals surface area contributed by atoms with Gasteiger partial charge >= 0.3 is 0 Å². The van der Waals surface area contributed by atoms with E-state index in [1.54, 1.807) is 0 Å². The van der Waals surface area contributed by atoms with E-state index in [1.165, 1.54) is 18.5 Å². The molecular formula is C12H14N2O. The number of aromatic nitrogens is 1. The van der Waals surface area contributed by atoms with Crippen molar-refractivity contribution in [2.45, 2.75) is 19.8 Å². The third kappa shape index (κ3) is 1.39. The molecule has 1 aliphatic heterocycles. The summed E-state index contributed by atoms with van der Waals surface area (Å²) in [5.41, 5.74) is 3.13. The van der Waals surface area contributed by atoms with Crippen molar-refractivity contribution in [2.75, 3.05) is 18.0 Å². The van der Waals surface area contributed by atoms with E-state index < -0.39 is 0 Å². The molecule has 0 aliphatic carbocycles. The molecule has 78 valence electrons. The largest absolute Gasteiger partial charge is 0.441 e. The van der Waals surface area contributed by atoms with E-state index in [0.717, 1.165) is 30.1 Å². The first-order valence-electron chi connectivity index (χ1n) is 5.46. The molecule has 0 saturated carbocycles. The highest BCUT2D eigenvalue weighted by Crippen LogP contribution is 2.29. The third-order valence-corrected chi connectivity index (χ3v) is 2.95. The minimum atomic E-state index is 0.747. The van der Waals surface area contributed by atoms with Crippen LogP contribution in [0.5, 0.6) is 0 Å². The Kier molecular flexibility index (Phi) is 1.91. The fourth-order valence-electron chi connectivity index (χ4n) is 2.26. The number of rotatable bonds is 1. The van der Waals surface area contributed by atoms with Crippen molar-refractivity contribution < 1.29 is 4.42 Å². The molecule has 1 aromatic carbocycles. The Bertz CT molecular complexity index is 483. The van der Waals surface area contributed by atoms with Gasteiger partial charge in [0, 0.05) is 20.0 Å². The standard InChI is InChI=1S/C12H14N2O/c1-9-13-12-10(14-7-2-3-8-14)5-4-6-11(12)15-9/h4-6H,2-3,7-8H2,1H3. The Labute approximate surface area is 88.7 Å². The predicted molar refractivity (Wildman–Crippen MR) is 60.2 cm³/mol. The average molecular weight is 202 g/mol. The molecule has 0 bridgehead atoms.